The maximum absolute atomic E-state index is 12.9. The number of carbonyl (C=O) groups is 4. The molecule has 4 aromatic carbocycles. The molecule has 6 fully saturated rings. The summed E-state index contributed by atoms with van der Waals surface area (Å²) >= 11 is 0. The molecule has 28 heteroatoms. The zero-order chi connectivity index (χ0) is 81.3. The first kappa shape index (κ1) is 84.4. The van der Waals surface area contributed by atoms with E-state index in [9.17, 15) is 19.2 Å². The molecule has 118 heavy (non-hydrogen) atoms. The minimum absolute atomic E-state index is 0.0363. The monoisotopic (exact) mass is 1600 g/mol. The van der Waals surface area contributed by atoms with Crippen LogP contribution in [-0.2, 0) is 30.9 Å². The number of aryl methyl sites for hydroxylation is 2. The smallest absolute Gasteiger partial charge is 0.261 e. The summed E-state index contributed by atoms with van der Waals surface area (Å²) in [7, 11) is 0. The van der Waals surface area contributed by atoms with Gasteiger partial charge in [-0.3, -0.25) is 54.3 Å². The molecule has 4 amide bonds. The molecule has 618 valence electrons. The van der Waals surface area contributed by atoms with Crippen LogP contribution >= 0.6 is 0 Å². The van der Waals surface area contributed by atoms with Gasteiger partial charge in [-0.2, -0.15) is 10.1 Å². The van der Waals surface area contributed by atoms with Gasteiger partial charge in [0.1, 0.15) is 29.6 Å². The van der Waals surface area contributed by atoms with E-state index in [1.807, 2.05) is 56.3 Å². The summed E-state index contributed by atoms with van der Waals surface area (Å²) in [5, 5.41) is 35.3. The highest BCUT2D eigenvalue weighted by molar-refractivity contribution is 6.07. The largest absolute Gasteiger partial charge is 0.379 e. The molecule has 6 saturated heterocycles. The first-order valence-electron chi connectivity index (χ1n) is 41.7. The van der Waals surface area contributed by atoms with E-state index in [4.69, 9.17) is 4.74 Å². The molecule has 6 aromatic heterocycles. The second-order valence-corrected chi connectivity index (χ2v) is 30.9. The molecule has 28 nitrogen and oxygen atoms in total. The van der Waals surface area contributed by atoms with Crippen LogP contribution in [0.3, 0.4) is 0 Å². The van der Waals surface area contributed by atoms with Gasteiger partial charge < -0.3 is 42.0 Å². The molecule has 16 rings (SSSR count). The number of pyridine rings is 4. The molecule has 6 aliphatic heterocycles. The lowest BCUT2D eigenvalue weighted by Crippen LogP contribution is -2.41. The second-order valence-electron chi connectivity index (χ2n) is 30.9. The van der Waals surface area contributed by atoms with Crippen molar-refractivity contribution in [3.63, 3.8) is 0 Å². The number of hydrogen-bond acceptors (Lipinski definition) is 23. The van der Waals surface area contributed by atoms with Gasteiger partial charge in [0, 0.05) is 178 Å². The summed E-state index contributed by atoms with van der Waals surface area (Å²) in [6.45, 7) is 22.6. The lowest BCUT2D eigenvalue weighted by molar-refractivity contribution is 0.0383. The van der Waals surface area contributed by atoms with Crippen molar-refractivity contribution in [3.8, 4) is 0 Å². The van der Waals surface area contributed by atoms with Crippen molar-refractivity contribution in [1.82, 2.24) is 85.5 Å². The van der Waals surface area contributed by atoms with E-state index < -0.39 is 0 Å². The molecule has 6 aliphatic rings. The first-order valence-corrected chi connectivity index (χ1v) is 41.7. The Morgan fingerprint density at radius 3 is 1.12 bits per heavy atom. The predicted octanol–water partition coefficient (Wildman–Crippen LogP) is 10.8. The van der Waals surface area contributed by atoms with Crippen molar-refractivity contribution in [2.75, 3.05) is 137 Å². The van der Waals surface area contributed by atoms with Gasteiger partial charge in [-0.15, -0.1) is 0 Å². The highest BCUT2D eigenvalue weighted by Crippen LogP contribution is 2.26. The lowest BCUT2D eigenvalue weighted by Gasteiger charge is -2.33. The van der Waals surface area contributed by atoms with Gasteiger partial charge in [0.25, 0.3) is 23.6 Å². The van der Waals surface area contributed by atoms with Crippen molar-refractivity contribution in [2.24, 2.45) is 0 Å². The van der Waals surface area contributed by atoms with E-state index in [1.54, 1.807) is 49.1 Å². The van der Waals surface area contributed by atoms with Crippen molar-refractivity contribution in [1.29, 1.82) is 0 Å². The summed E-state index contributed by atoms with van der Waals surface area (Å²) in [5.41, 5.74) is 9.27. The fraction of sp³-hybridized carbons (Fsp3) is 0.400. The number of piperidine rings is 4. The Morgan fingerprint density at radius 2 is 0.763 bits per heavy atom. The topological polar surface area (TPSA) is 321 Å². The molecule has 0 spiro atoms. The molecular formula is C90H113N23O5. The number of morpholine rings is 1. The molecular weight excluding hydrogens is 1480 g/mol. The molecule has 0 radical (unpaired) electrons. The number of nitrogens with zero attached hydrogens (tertiary/aromatic N) is 13. The van der Waals surface area contributed by atoms with E-state index in [0.29, 0.717) is 82.1 Å². The van der Waals surface area contributed by atoms with Crippen LogP contribution in [-0.4, -0.2) is 228 Å². The zero-order valence-corrected chi connectivity index (χ0v) is 67.9. The van der Waals surface area contributed by atoms with Gasteiger partial charge in [0.05, 0.1) is 35.5 Å². The van der Waals surface area contributed by atoms with Crippen LogP contribution in [0.25, 0.3) is 0 Å². The van der Waals surface area contributed by atoms with E-state index in [1.165, 1.54) is 28.6 Å². The van der Waals surface area contributed by atoms with E-state index in [0.717, 1.165) is 194 Å². The minimum atomic E-state index is -0.270. The molecule has 0 aliphatic carbocycles. The molecule has 0 saturated carbocycles. The zero-order valence-electron chi connectivity index (χ0n) is 67.9. The Bertz CT molecular complexity index is 4670. The van der Waals surface area contributed by atoms with E-state index >= 15 is 0 Å². The maximum Gasteiger partial charge on any atom is 0.261 e. The first-order chi connectivity index (χ1) is 57.9. The number of hydrogen-bond donors (Lipinski definition) is 10. The summed E-state index contributed by atoms with van der Waals surface area (Å²) < 4.78 is 5.37. The fourth-order valence-corrected chi connectivity index (χ4v) is 15.6. The number of likely N-dealkylation sites (tertiary alicyclic amines) is 4. The van der Waals surface area contributed by atoms with E-state index in [2.05, 4.69) is 227 Å². The van der Waals surface area contributed by atoms with Crippen LogP contribution in [0.1, 0.15) is 133 Å². The van der Waals surface area contributed by atoms with Crippen LogP contribution in [0.2, 0.25) is 0 Å². The number of aromatic amines is 1. The number of benzene rings is 4. The molecule has 0 unspecified atom stereocenters. The summed E-state index contributed by atoms with van der Waals surface area (Å²) in [4.78, 5) is 93.4. The standard InChI is InChI=1S/C24H28N6O.C24H33N5O2.C22H29N5O.C20H23N7O/c1-17-15-18(2)27-24(26-17)29-23(31)21-9-6-12-25-22(21)28-20-10-13-30(14-11-20)16-19-7-4-3-5-8-19;30-24(26-11-14-28-15-17-31-18-16-28)22-7-4-10-25-23(22)27-21-8-12-29(13-9-21)19-20-5-2-1-3-6-20;28-22(26-19-8-12-23-15-19)20-7-4-11-24-21(20)25-18-9-13-27(14-10-18)16-17-5-2-1-3-6-17;28-19(25-20-22-14-23-26-20)17-7-4-10-21-18(17)24-16-8-11-27(12-9-16)13-15-5-2-1-3-6-15/h3-9,12,15,20H,10-11,13-14,16H2,1-2H3,(H,25,28)(H,26,27,29,31);1-7,10,21H,8-9,11-19H2,(H,25,27)(H,26,30);1-7,11,18-19,23H,8-10,12-16H2,(H,24,25)(H,26,28);1-7,10,14,16H,8-9,11-13H2,(H,21,24)(H2,22,23,25,26,28)/t;;19-;/m..0./s1. The van der Waals surface area contributed by atoms with Gasteiger partial charge in [-0.05, 0) is 155 Å². The van der Waals surface area contributed by atoms with Gasteiger partial charge in [0.15, 0.2) is 0 Å². The lowest BCUT2D eigenvalue weighted by atomic mass is 10.0. The van der Waals surface area contributed by atoms with Gasteiger partial charge >= 0.3 is 0 Å². The number of nitrogens with one attached hydrogen (secondary N) is 10. The Morgan fingerprint density at radius 1 is 0.398 bits per heavy atom. The Hall–Kier alpha value is -11.5. The number of aromatic nitrogens is 9. The van der Waals surface area contributed by atoms with Crippen LogP contribution in [0.5, 0.6) is 0 Å². The summed E-state index contributed by atoms with van der Waals surface area (Å²) in [6, 6.07) is 60.1. The average Bonchev–Trinajstić information content (AvgIpc) is 1.10. The predicted molar refractivity (Wildman–Crippen MR) is 463 cm³/mol. The third kappa shape index (κ3) is 26.8. The van der Waals surface area contributed by atoms with Crippen LogP contribution in [0, 0.1) is 13.8 Å². The van der Waals surface area contributed by atoms with Crippen LogP contribution in [0.4, 0.5) is 35.2 Å². The van der Waals surface area contributed by atoms with E-state index in [-0.39, 0.29) is 35.7 Å². The number of amides is 4. The van der Waals surface area contributed by atoms with Crippen molar-refractivity contribution >= 4 is 58.8 Å². The molecule has 10 aromatic rings. The molecule has 0 bridgehead atoms. The third-order valence-electron chi connectivity index (χ3n) is 22.0. The minimum Gasteiger partial charge on any atom is -0.379 e. The number of H-pyrrole nitrogens is 1. The molecule has 12 heterocycles. The van der Waals surface area contributed by atoms with Crippen molar-refractivity contribution < 1.29 is 23.9 Å². The Kier molecular flexibility index (Phi) is 32.0. The van der Waals surface area contributed by atoms with Gasteiger partial charge in [-0.1, -0.05) is 121 Å². The van der Waals surface area contributed by atoms with Crippen molar-refractivity contribution in [2.45, 2.75) is 128 Å². The highest BCUT2D eigenvalue weighted by Gasteiger charge is 2.28. The third-order valence-corrected chi connectivity index (χ3v) is 22.0. The molecule has 1 atom stereocenters. The normalized spacial score (nSPS) is 17.4. The SMILES string of the molecule is Cc1cc(C)nc(NC(=O)c2cccnc2NC2CCN(Cc3ccccc3)CC2)n1.O=C(NCCN1CCOCC1)c1cccnc1NC1CCN(Cc2ccccc2)CC1.O=C(N[C@H]1CCNC1)c1cccnc1NC1CCN(Cc2ccccc2)CC1.O=C(Nc1ncn[nH]1)c1cccnc1NC1CCN(Cc2ccccc2)CC1. The van der Waals surface area contributed by atoms with Gasteiger partial charge in [0.2, 0.25) is 11.9 Å². The number of ether oxygens (including phenoxy) is 1. The number of carbonyl (C=O) groups excluding carboxylic acids is 4. The fourth-order valence-electron chi connectivity index (χ4n) is 15.6. The maximum atomic E-state index is 12.9. The Labute approximate surface area is 692 Å². The second kappa shape index (κ2) is 44.7. The van der Waals surface area contributed by atoms with Crippen molar-refractivity contribution in [3.05, 3.63) is 263 Å². The van der Waals surface area contributed by atoms with Crippen LogP contribution in [0.15, 0.2) is 207 Å². The average molecular weight is 1600 g/mol. The summed E-state index contributed by atoms with van der Waals surface area (Å²) in [5.74, 6) is 2.58. The summed E-state index contributed by atoms with van der Waals surface area (Å²) in [6.07, 6.45) is 17.4. The number of anilines is 6. The highest BCUT2D eigenvalue weighted by atomic mass is 16.5. The van der Waals surface area contributed by atoms with Gasteiger partial charge in [-0.25, -0.2) is 35.0 Å². The van der Waals surface area contributed by atoms with Crippen LogP contribution < -0.4 is 47.9 Å². The quantitative estimate of drug-likeness (QED) is 0.0241. The molecule has 10 N–H and O–H groups in total. The number of rotatable bonds is 26. The Balaban J connectivity index is 0.000000137.